The van der Waals surface area contributed by atoms with Crippen molar-refractivity contribution < 1.29 is 4.39 Å². The predicted molar refractivity (Wildman–Crippen MR) is 57.9 cm³/mol. The Labute approximate surface area is 85.3 Å². The largest absolute Gasteiger partial charge is 0.317 e. The van der Waals surface area contributed by atoms with Crippen LogP contribution in [0.2, 0.25) is 0 Å². The van der Waals surface area contributed by atoms with Crippen LogP contribution in [-0.4, -0.2) is 13.1 Å². The van der Waals surface area contributed by atoms with E-state index in [1.165, 1.54) is 17.7 Å². The molecular formula is C12H18FN. The molecule has 0 radical (unpaired) electrons. The van der Waals surface area contributed by atoms with Gasteiger partial charge >= 0.3 is 0 Å². The molecule has 1 aromatic carbocycles. The number of hydrogen-bond acceptors (Lipinski definition) is 1. The van der Waals surface area contributed by atoms with E-state index in [0.29, 0.717) is 6.04 Å². The molecule has 0 heterocycles. The van der Waals surface area contributed by atoms with Crippen molar-refractivity contribution in [2.45, 2.75) is 32.2 Å². The monoisotopic (exact) mass is 195 g/mol. The third-order valence-corrected chi connectivity index (χ3v) is 2.51. The van der Waals surface area contributed by atoms with Crippen molar-refractivity contribution in [1.82, 2.24) is 5.32 Å². The fraction of sp³-hybridized carbons (Fsp3) is 0.500. The molecule has 14 heavy (non-hydrogen) atoms. The molecule has 0 aliphatic rings. The van der Waals surface area contributed by atoms with E-state index < -0.39 is 0 Å². The maximum Gasteiger partial charge on any atom is 0.123 e. The number of nitrogens with one attached hydrogen (secondary N) is 1. The van der Waals surface area contributed by atoms with Gasteiger partial charge in [-0.15, -0.1) is 0 Å². The summed E-state index contributed by atoms with van der Waals surface area (Å²) in [5.74, 6) is -0.155. The third-order valence-electron chi connectivity index (χ3n) is 2.51. The van der Waals surface area contributed by atoms with Crippen LogP contribution in [0.1, 0.15) is 25.3 Å². The predicted octanol–water partition coefficient (Wildman–Crippen LogP) is 2.76. The van der Waals surface area contributed by atoms with Crippen LogP contribution in [0.5, 0.6) is 0 Å². The van der Waals surface area contributed by atoms with Crippen molar-refractivity contribution in [3.8, 4) is 0 Å². The topological polar surface area (TPSA) is 12.0 Å². The fourth-order valence-electron chi connectivity index (χ4n) is 1.41. The molecule has 0 fully saturated rings. The molecule has 0 bridgehead atoms. The van der Waals surface area contributed by atoms with Gasteiger partial charge in [-0.25, -0.2) is 4.39 Å². The summed E-state index contributed by atoms with van der Waals surface area (Å²) in [6.07, 6.45) is 3.34. The summed E-state index contributed by atoms with van der Waals surface area (Å²) in [6.45, 7) is 2.17. The highest BCUT2D eigenvalue weighted by Crippen LogP contribution is 2.07. The summed E-state index contributed by atoms with van der Waals surface area (Å²) in [7, 11) is 1.97. The highest BCUT2D eigenvalue weighted by molar-refractivity contribution is 5.15. The van der Waals surface area contributed by atoms with E-state index in [4.69, 9.17) is 0 Å². The Balaban J connectivity index is 2.28. The molecule has 1 unspecified atom stereocenters. The maximum atomic E-state index is 12.6. The van der Waals surface area contributed by atoms with Crippen LogP contribution in [-0.2, 0) is 6.42 Å². The first-order valence-corrected chi connectivity index (χ1v) is 5.14. The Hall–Kier alpha value is -0.890. The van der Waals surface area contributed by atoms with Gasteiger partial charge in [-0.05, 0) is 50.9 Å². The van der Waals surface area contributed by atoms with Crippen LogP contribution in [0.3, 0.4) is 0 Å². The van der Waals surface area contributed by atoms with Gasteiger partial charge in [0, 0.05) is 6.04 Å². The van der Waals surface area contributed by atoms with E-state index in [-0.39, 0.29) is 5.82 Å². The van der Waals surface area contributed by atoms with Crippen LogP contribution >= 0.6 is 0 Å². The van der Waals surface area contributed by atoms with Crippen molar-refractivity contribution in [1.29, 1.82) is 0 Å². The van der Waals surface area contributed by atoms with Gasteiger partial charge in [-0.1, -0.05) is 12.1 Å². The van der Waals surface area contributed by atoms with Crippen LogP contribution in [0.25, 0.3) is 0 Å². The van der Waals surface area contributed by atoms with Gasteiger partial charge < -0.3 is 5.32 Å². The molecule has 1 N–H and O–H groups in total. The van der Waals surface area contributed by atoms with E-state index in [2.05, 4.69) is 12.2 Å². The minimum atomic E-state index is -0.155. The zero-order valence-electron chi connectivity index (χ0n) is 8.89. The highest BCUT2D eigenvalue weighted by Gasteiger charge is 1.98. The molecule has 1 rings (SSSR count). The molecule has 0 aliphatic carbocycles. The van der Waals surface area contributed by atoms with E-state index in [1.54, 1.807) is 0 Å². The molecule has 2 heteroatoms. The average molecular weight is 195 g/mol. The normalized spacial score (nSPS) is 12.8. The maximum absolute atomic E-state index is 12.6. The van der Waals surface area contributed by atoms with Gasteiger partial charge in [0.1, 0.15) is 5.82 Å². The fourth-order valence-corrected chi connectivity index (χ4v) is 1.41. The molecule has 0 aliphatic heterocycles. The number of hydrogen-bond donors (Lipinski definition) is 1. The zero-order chi connectivity index (χ0) is 10.4. The Morgan fingerprint density at radius 1 is 1.29 bits per heavy atom. The quantitative estimate of drug-likeness (QED) is 0.761. The molecule has 1 aromatic rings. The zero-order valence-corrected chi connectivity index (χ0v) is 8.89. The molecule has 0 amide bonds. The summed E-state index contributed by atoms with van der Waals surface area (Å²) in [6, 6.07) is 7.34. The lowest BCUT2D eigenvalue weighted by molar-refractivity contribution is 0.541. The van der Waals surface area contributed by atoms with Crippen molar-refractivity contribution in [2.75, 3.05) is 7.05 Å². The number of benzene rings is 1. The molecule has 78 valence electrons. The SMILES string of the molecule is CNC(C)CCCc1ccc(F)cc1. The van der Waals surface area contributed by atoms with Gasteiger partial charge in [0.05, 0.1) is 0 Å². The second-order valence-electron chi connectivity index (χ2n) is 3.71. The first kappa shape index (κ1) is 11.2. The van der Waals surface area contributed by atoms with Crippen molar-refractivity contribution in [2.24, 2.45) is 0 Å². The molecule has 0 spiro atoms. The molecule has 0 aromatic heterocycles. The summed E-state index contributed by atoms with van der Waals surface area (Å²) in [5.41, 5.74) is 1.22. The van der Waals surface area contributed by atoms with Gasteiger partial charge in [0.2, 0.25) is 0 Å². The summed E-state index contributed by atoms with van der Waals surface area (Å²) in [5, 5.41) is 3.20. The van der Waals surface area contributed by atoms with E-state index in [0.717, 1.165) is 19.3 Å². The van der Waals surface area contributed by atoms with E-state index in [1.807, 2.05) is 19.2 Å². The van der Waals surface area contributed by atoms with E-state index in [9.17, 15) is 4.39 Å². The highest BCUT2D eigenvalue weighted by atomic mass is 19.1. The lowest BCUT2D eigenvalue weighted by Gasteiger charge is -2.09. The second-order valence-corrected chi connectivity index (χ2v) is 3.71. The Kier molecular flexibility index (Phi) is 4.60. The van der Waals surface area contributed by atoms with Crippen LogP contribution in [0, 0.1) is 5.82 Å². The second kappa shape index (κ2) is 5.76. The first-order valence-electron chi connectivity index (χ1n) is 5.14. The summed E-state index contributed by atoms with van der Waals surface area (Å²) < 4.78 is 12.6. The van der Waals surface area contributed by atoms with Crippen LogP contribution in [0.15, 0.2) is 24.3 Å². The first-order chi connectivity index (χ1) is 6.72. The van der Waals surface area contributed by atoms with Crippen molar-refractivity contribution in [3.05, 3.63) is 35.6 Å². The smallest absolute Gasteiger partial charge is 0.123 e. The van der Waals surface area contributed by atoms with E-state index >= 15 is 0 Å². The summed E-state index contributed by atoms with van der Waals surface area (Å²) >= 11 is 0. The minimum absolute atomic E-state index is 0.155. The summed E-state index contributed by atoms with van der Waals surface area (Å²) in [4.78, 5) is 0. The Bertz CT molecular complexity index is 256. The Morgan fingerprint density at radius 3 is 2.50 bits per heavy atom. The van der Waals surface area contributed by atoms with Crippen LogP contribution in [0.4, 0.5) is 4.39 Å². The van der Waals surface area contributed by atoms with Gasteiger partial charge in [0.25, 0.3) is 0 Å². The Morgan fingerprint density at radius 2 is 1.93 bits per heavy atom. The molecule has 0 saturated heterocycles. The van der Waals surface area contributed by atoms with Crippen LogP contribution < -0.4 is 5.32 Å². The average Bonchev–Trinajstić information content (AvgIpc) is 2.21. The number of rotatable bonds is 5. The number of halogens is 1. The minimum Gasteiger partial charge on any atom is -0.317 e. The lowest BCUT2D eigenvalue weighted by Crippen LogP contribution is -2.20. The van der Waals surface area contributed by atoms with Gasteiger partial charge in [0.15, 0.2) is 0 Å². The molecule has 1 atom stereocenters. The number of aryl methyl sites for hydroxylation is 1. The third kappa shape index (κ3) is 3.88. The lowest BCUT2D eigenvalue weighted by atomic mass is 10.1. The standard InChI is InChI=1S/C12H18FN/c1-10(14-2)4-3-5-11-6-8-12(13)9-7-11/h6-10,14H,3-5H2,1-2H3. The van der Waals surface area contributed by atoms with Crippen molar-refractivity contribution in [3.63, 3.8) is 0 Å². The molecular weight excluding hydrogens is 177 g/mol. The molecule has 1 nitrogen and oxygen atoms in total. The van der Waals surface area contributed by atoms with Crippen molar-refractivity contribution >= 4 is 0 Å². The van der Waals surface area contributed by atoms with Gasteiger partial charge in [-0.2, -0.15) is 0 Å². The van der Waals surface area contributed by atoms with Gasteiger partial charge in [-0.3, -0.25) is 0 Å². The molecule has 0 saturated carbocycles.